The summed E-state index contributed by atoms with van der Waals surface area (Å²) in [7, 11) is 1.99. The van der Waals surface area contributed by atoms with E-state index in [1.54, 1.807) is 0 Å². The Hall–Kier alpha value is -0.240. The zero-order chi connectivity index (χ0) is 10.8. The highest BCUT2D eigenvalue weighted by Crippen LogP contribution is 2.40. The van der Waals surface area contributed by atoms with Gasteiger partial charge in [0, 0.05) is 16.1 Å². The average molecular weight is 244 g/mol. The second-order valence-corrected chi connectivity index (χ2v) is 4.97. The van der Waals surface area contributed by atoms with Gasteiger partial charge in [-0.25, -0.2) is 0 Å². The molecule has 1 saturated carbocycles. The third-order valence-corrected chi connectivity index (χ3v) is 3.80. The maximum atomic E-state index is 6.20. The third kappa shape index (κ3) is 2.30. The van der Waals surface area contributed by atoms with Crippen LogP contribution in [0, 0.1) is 5.92 Å². The molecule has 0 heterocycles. The van der Waals surface area contributed by atoms with Crippen molar-refractivity contribution in [3.05, 3.63) is 33.8 Å². The predicted molar refractivity (Wildman–Crippen MR) is 65.6 cm³/mol. The highest BCUT2D eigenvalue weighted by Gasteiger charge is 2.28. The fourth-order valence-corrected chi connectivity index (χ4v) is 2.59. The van der Waals surface area contributed by atoms with Crippen LogP contribution in [-0.2, 0) is 0 Å². The molecule has 1 unspecified atom stereocenters. The lowest BCUT2D eigenvalue weighted by Gasteiger charge is -2.34. The molecule has 0 amide bonds. The van der Waals surface area contributed by atoms with E-state index >= 15 is 0 Å². The molecular weight excluding hydrogens is 229 g/mol. The summed E-state index contributed by atoms with van der Waals surface area (Å²) in [6, 6.07) is 6.04. The molecule has 0 radical (unpaired) electrons. The molecule has 1 N–H and O–H groups in total. The first-order valence-electron chi connectivity index (χ1n) is 5.34. The number of benzene rings is 1. The third-order valence-electron chi connectivity index (χ3n) is 3.23. The van der Waals surface area contributed by atoms with E-state index in [-0.39, 0.29) is 0 Å². The minimum absolute atomic E-state index is 0.352. The number of nitrogens with one attached hydrogen (secondary N) is 1. The lowest BCUT2D eigenvalue weighted by Crippen LogP contribution is -2.29. The summed E-state index contributed by atoms with van der Waals surface area (Å²) in [5, 5.41) is 4.91. The van der Waals surface area contributed by atoms with Crippen LogP contribution in [0.3, 0.4) is 0 Å². The molecular formula is C12H15Cl2N. The van der Waals surface area contributed by atoms with Crippen molar-refractivity contribution in [1.29, 1.82) is 0 Å². The zero-order valence-corrected chi connectivity index (χ0v) is 10.3. The van der Waals surface area contributed by atoms with E-state index in [0.29, 0.717) is 12.0 Å². The number of hydrogen-bond acceptors (Lipinski definition) is 1. The number of hydrogen-bond donors (Lipinski definition) is 1. The second kappa shape index (κ2) is 4.73. The Morgan fingerprint density at radius 3 is 2.60 bits per heavy atom. The molecule has 1 aliphatic carbocycles. The van der Waals surface area contributed by atoms with Crippen molar-refractivity contribution >= 4 is 23.2 Å². The second-order valence-electron chi connectivity index (χ2n) is 4.12. The molecule has 0 saturated heterocycles. The van der Waals surface area contributed by atoms with Gasteiger partial charge in [0.15, 0.2) is 0 Å². The highest BCUT2D eigenvalue weighted by atomic mass is 35.5. The molecule has 1 aliphatic rings. The molecule has 2 rings (SSSR count). The summed E-state index contributed by atoms with van der Waals surface area (Å²) in [6.45, 7) is 0. The smallest absolute Gasteiger partial charge is 0.0454 e. The predicted octanol–water partition coefficient (Wildman–Crippen LogP) is 4.05. The minimum atomic E-state index is 0.352. The van der Waals surface area contributed by atoms with Gasteiger partial charge >= 0.3 is 0 Å². The van der Waals surface area contributed by atoms with Gasteiger partial charge < -0.3 is 5.32 Å². The summed E-state index contributed by atoms with van der Waals surface area (Å²) in [5.41, 5.74) is 1.14. The lowest BCUT2D eigenvalue weighted by atomic mass is 9.77. The van der Waals surface area contributed by atoms with E-state index in [1.807, 2.05) is 25.2 Å². The molecule has 1 fully saturated rings. The van der Waals surface area contributed by atoms with Gasteiger partial charge in [0.2, 0.25) is 0 Å². The first-order chi connectivity index (χ1) is 7.22. The van der Waals surface area contributed by atoms with E-state index < -0.39 is 0 Å². The topological polar surface area (TPSA) is 12.0 Å². The Morgan fingerprint density at radius 1 is 1.33 bits per heavy atom. The molecule has 1 nitrogen and oxygen atoms in total. The van der Waals surface area contributed by atoms with Crippen LogP contribution < -0.4 is 5.32 Å². The van der Waals surface area contributed by atoms with Gasteiger partial charge in [-0.2, -0.15) is 0 Å². The van der Waals surface area contributed by atoms with Crippen molar-refractivity contribution in [2.45, 2.75) is 25.3 Å². The molecule has 1 atom stereocenters. The van der Waals surface area contributed by atoms with Gasteiger partial charge in [-0.1, -0.05) is 29.6 Å². The molecule has 0 spiro atoms. The van der Waals surface area contributed by atoms with Crippen LogP contribution in [0.5, 0.6) is 0 Å². The fourth-order valence-electron chi connectivity index (χ4n) is 2.17. The van der Waals surface area contributed by atoms with Gasteiger partial charge in [-0.3, -0.25) is 0 Å². The van der Waals surface area contributed by atoms with Gasteiger partial charge in [0.05, 0.1) is 0 Å². The Labute approximate surface area is 101 Å². The van der Waals surface area contributed by atoms with Gasteiger partial charge in [0.25, 0.3) is 0 Å². The summed E-state index contributed by atoms with van der Waals surface area (Å²) < 4.78 is 0. The number of halogens is 2. The number of rotatable bonds is 3. The Bertz CT molecular complexity index is 347. The maximum absolute atomic E-state index is 6.20. The molecule has 1 aromatic carbocycles. The molecule has 15 heavy (non-hydrogen) atoms. The highest BCUT2D eigenvalue weighted by molar-refractivity contribution is 6.33. The van der Waals surface area contributed by atoms with Crippen LogP contribution in [0.4, 0.5) is 0 Å². The molecule has 1 aromatic rings. The maximum Gasteiger partial charge on any atom is 0.0454 e. The largest absolute Gasteiger partial charge is 0.313 e. The van der Waals surface area contributed by atoms with Gasteiger partial charge in [-0.05, 0) is 49.6 Å². The van der Waals surface area contributed by atoms with Crippen LogP contribution in [-0.4, -0.2) is 7.05 Å². The van der Waals surface area contributed by atoms with E-state index in [9.17, 15) is 0 Å². The van der Waals surface area contributed by atoms with Crippen molar-refractivity contribution in [1.82, 2.24) is 5.32 Å². The Morgan fingerprint density at radius 2 is 2.07 bits per heavy atom. The van der Waals surface area contributed by atoms with Crippen LogP contribution in [0.1, 0.15) is 30.9 Å². The Kier molecular flexibility index (Phi) is 3.55. The first-order valence-corrected chi connectivity index (χ1v) is 6.10. The summed E-state index contributed by atoms with van der Waals surface area (Å²) in [4.78, 5) is 0. The average Bonchev–Trinajstić information content (AvgIpc) is 2.15. The fraction of sp³-hybridized carbons (Fsp3) is 0.500. The van der Waals surface area contributed by atoms with E-state index in [4.69, 9.17) is 23.2 Å². The zero-order valence-electron chi connectivity index (χ0n) is 8.76. The van der Waals surface area contributed by atoms with E-state index in [1.165, 1.54) is 19.3 Å². The van der Waals surface area contributed by atoms with Crippen LogP contribution in [0.15, 0.2) is 18.2 Å². The van der Waals surface area contributed by atoms with Crippen molar-refractivity contribution in [3.8, 4) is 0 Å². The summed E-state index contributed by atoms with van der Waals surface area (Å²) in [5.74, 6) is 0.714. The molecule has 0 bridgehead atoms. The molecule has 0 aliphatic heterocycles. The molecule has 3 heteroatoms. The monoisotopic (exact) mass is 243 g/mol. The van der Waals surface area contributed by atoms with E-state index in [2.05, 4.69) is 5.32 Å². The minimum Gasteiger partial charge on any atom is -0.313 e. The standard InChI is InChI=1S/C12H15Cl2N/c1-15-12(8-3-2-4-8)10-7-9(13)5-6-11(10)14/h5-8,12,15H,2-4H2,1H3. The molecule has 82 valence electrons. The van der Waals surface area contributed by atoms with Crippen LogP contribution >= 0.6 is 23.2 Å². The SMILES string of the molecule is CNC(c1cc(Cl)ccc1Cl)C1CCC1. The van der Waals surface area contributed by atoms with E-state index in [0.717, 1.165) is 15.6 Å². The summed E-state index contributed by atoms with van der Waals surface area (Å²) >= 11 is 12.2. The summed E-state index contributed by atoms with van der Waals surface area (Å²) in [6.07, 6.45) is 3.91. The van der Waals surface area contributed by atoms with Crippen molar-refractivity contribution in [2.24, 2.45) is 5.92 Å². The first kappa shape index (κ1) is 11.3. The molecule has 0 aromatic heterocycles. The van der Waals surface area contributed by atoms with Crippen molar-refractivity contribution < 1.29 is 0 Å². The van der Waals surface area contributed by atoms with Crippen molar-refractivity contribution in [2.75, 3.05) is 7.05 Å². The van der Waals surface area contributed by atoms with Crippen LogP contribution in [0.2, 0.25) is 10.0 Å². The van der Waals surface area contributed by atoms with Crippen LogP contribution in [0.25, 0.3) is 0 Å². The Balaban J connectivity index is 2.28. The lowest BCUT2D eigenvalue weighted by molar-refractivity contribution is 0.239. The van der Waals surface area contributed by atoms with Gasteiger partial charge in [0.1, 0.15) is 0 Å². The normalized spacial score (nSPS) is 18.6. The van der Waals surface area contributed by atoms with Gasteiger partial charge in [-0.15, -0.1) is 0 Å². The van der Waals surface area contributed by atoms with Crippen molar-refractivity contribution in [3.63, 3.8) is 0 Å². The quantitative estimate of drug-likeness (QED) is 0.845.